The number of carbonyl (C=O) groups excluding carboxylic acids is 1. The molecule has 0 radical (unpaired) electrons. The lowest BCUT2D eigenvalue weighted by atomic mass is 10.0. The van der Waals surface area contributed by atoms with Crippen LogP contribution in [0.1, 0.15) is 43.5 Å². The van der Waals surface area contributed by atoms with E-state index < -0.39 is 5.82 Å². The van der Waals surface area contributed by atoms with Crippen molar-refractivity contribution in [3.63, 3.8) is 0 Å². The number of Topliss-reactive ketones (excluding diaryl/α,β-unsaturated/α-hetero) is 1. The van der Waals surface area contributed by atoms with Crippen molar-refractivity contribution in [1.29, 1.82) is 0 Å². The smallest absolute Gasteiger partial charge is 0.180 e. The third-order valence-corrected chi connectivity index (χ3v) is 5.26. The molecule has 1 saturated carbocycles. The van der Waals surface area contributed by atoms with Gasteiger partial charge in [-0.2, -0.15) is 0 Å². The van der Waals surface area contributed by atoms with Crippen LogP contribution in [0.5, 0.6) is 0 Å². The molecule has 0 amide bonds. The summed E-state index contributed by atoms with van der Waals surface area (Å²) in [5.74, 6) is 0.976. The van der Waals surface area contributed by atoms with Crippen molar-refractivity contribution in [3.8, 4) is 11.3 Å². The second-order valence-corrected chi connectivity index (χ2v) is 8.60. The number of benzene rings is 1. The van der Waals surface area contributed by atoms with Crippen molar-refractivity contribution in [3.05, 3.63) is 46.6 Å². The zero-order valence-corrected chi connectivity index (χ0v) is 17.5. The van der Waals surface area contributed by atoms with Gasteiger partial charge in [0.05, 0.1) is 17.5 Å². The topological polar surface area (TPSA) is 59.3 Å². The first-order chi connectivity index (χ1) is 13.4. The van der Waals surface area contributed by atoms with Gasteiger partial charge in [-0.3, -0.25) is 9.20 Å². The van der Waals surface area contributed by atoms with Crippen LogP contribution in [-0.4, -0.2) is 26.7 Å². The van der Waals surface area contributed by atoms with Gasteiger partial charge in [-0.25, -0.2) is 14.4 Å². The minimum atomic E-state index is -0.482. The van der Waals surface area contributed by atoms with Crippen molar-refractivity contribution in [2.45, 2.75) is 33.1 Å². The van der Waals surface area contributed by atoms with E-state index in [9.17, 15) is 9.18 Å². The third-order valence-electron chi connectivity index (χ3n) is 4.88. The Kier molecular flexibility index (Phi) is 5.19. The first-order valence-corrected chi connectivity index (χ1v) is 10.3. The fraction of sp³-hybridized carbons (Fsp3) is 0.381. The Morgan fingerprint density at radius 3 is 2.86 bits per heavy atom. The molecule has 5 nitrogen and oxygen atoms in total. The quantitative estimate of drug-likeness (QED) is 0.499. The SMILES string of the molecule is CC(C)CNc1nc(Br)cn2c(-c3ccc(C(=O)CC4CC4)c(F)c3)cnc12. The van der Waals surface area contributed by atoms with Gasteiger partial charge in [0.15, 0.2) is 17.2 Å². The Morgan fingerprint density at radius 2 is 2.18 bits per heavy atom. The summed E-state index contributed by atoms with van der Waals surface area (Å²) < 4.78 is 17.2. The van der Waals surface area contributed by atoms with Crippen LogP contribution in [0, 0.1) is 17.7 Å². The fourth-order valence-electron chi connectivity index (χ4n) is 3.19. The number of ketones is 1. The van der Waals surface area contributed by atoms with Gasteiger partial charge in [0.2, 0.25) is 0 Å². The Hall–Kier alpha value is -2.28. The highest BCUT2D eigenvalue weighted by Crippen LogP contribution is 2.34. The van der Waals surface area contributed by atoms with Crippen LogP contribution in [-0.2, 0) is 0 Å². The van der Waals surface area contributed by atoms with E-state index in [0.717, 1.165) is 25.1 Å². The van der Waals surface area contributed by atoms with Gasteiger partial charge in [-0.05, 0) is 52.7 Å². The van der Waals surface area contributed by atoms with E-state index in [1.807, 2.05) is 10.6 Å². The van der Waals surface area contributed by atoms with Crippen LogP contribution >= 0.6 is 15.9 Å². The van der Waals surface area contributed by atoms with Crippen LogP contribution in [0.4, 0.5) is 10.2 Å². The van der Waals surface area contributed by atoms with Gasteiger partial charge < -0.3 is 5.32 Å². The van der Waals surface area contributed by atoms with Crippen LogP contribution in [0.25, 0.3) is 16.9 Å². The highest BCUT2D eigenvalue weighted by Gasteiger charge is 2.26. The Morgan fingerprint density at radius 1 is 1.39 bits per heavy atom. The summed E-state index contributed by atoms with van der Waals surface area (Å²) in [6.45, 7) is 5.01. The molecule has 0 spiro atoms. The van der Waals surface area contributed by atoms with Gasteiger partial charge in [-0.15, -0.1) is 0 Å². The van der Waals surface area contributed by atoms with E-state index in [1.54, 1.807) is 18.3 Å². The van der Waals surface area contributed by atoms with Crippen LogP contribution in [0.2, 0.25) is 0 Å². The summed E-state index contributed by atoms with van der Waals surface area (Å²) in [5, 5.41) is 3.31. The lowest BCUT2D eigenvalue weighted by Crippen LogP contribution is -2.10. The minimum Gasteiger partial charge on any atom is -0.367 e. The molecule has 0 saturated heterocycles. The maximum atomic E-state index is 14.6. The zero-order chi connectivity index (χ0) is 19.8. The Bertz CT molecular complexity index is 1040. The van der Waals surface area contributed by atoms with E-state index in [4.69, 9.17) is 0 Å². The van der Waals surface area contributed by atoms with Crippen molar-refractivity contribution < 1.29 is 9.18 Å². The predicted molar refractivity (Wildman–Crippen MR) is 111 cm³/mol. The van der Waals surface area contributed by atoms with E-state index in [1.165, 1.54) is 6.07 Å². The van der Waals surface area contributed by atoms with Crippen molar-refractivity contribution >= 4 is 33.2 Å². The zero-order valence-electron chi connectivity index (χ0n) is 15.9. The molecule has 7 heteroatoms. The molecular formula is C21H22BrFN4O. The lowest BCUT2D eigenvalue weighted by Gasteiger charge is -2.11. The molecule has 2 aromatic heterocycles. The summed E-state index contributed by atoms with van der Waals surface area (Å²) in [5.41, 5.74) is 2.26. The molecule has 3 aromatic rings. The number of rotatable bonds is 7. The monoisotopic (exact) mass is 444 g/mol. The molecule has 0 atom stereocenters. The molecule has 1 aliphatic rings. The summed E-state index contributed by atoms with van der Waals surface area (Å²) >= 11 is 3.44. The van der Waals surface area contributed by atoms with E-state index in [0.29, 0.717) is 39.9 Å². The maximum Gasteiger partial charge on any atom is 0.180 e. The molecule has 0 aliphatic heterocycles. The first-order valence-electron chi connectivity index (χ1n) is 9.53. The number of carbonyl (C=O) groups is 1. The summed E-state index contributed by atoms with van der Waals surface area (Å²) in [6, 6.07) is 4.78. The number of anilines is 1. The lowest BCUT2D eigenvalue weighted by molar-refractivity contribution is 0.0972. The molecule has 1 aromatic carbocycles. The number of aromatic nitrogens is 3. The minimum absolute atomic E-state index is 0.114. The average Bonchev–Trinajstić information content (AvgIpc) is 3.35. The molecule has 0 unspecified atom stereocenters. The molecule has 1 aliphatic carbocycles. The number of halogens is 2. The van der Waals surface area contributed by atoms with E-state index in [-0.39, 0.29) is 11.3 Å². The third kappa shape index (κ3) is 3.94. The van der Waals surface area contributed by atoms with Gasteiger partial charge in [0, 0.05) is 24.7 Å². The number of hydrogen-bond acceptors (Lipinski definition) is 4. The largest absolute Gasteiger partial charge is 0.367 e. The maximum absolute atomic E-state index is 14.6. The molecule has 2 heterocycles. The number of hydrogen-bond donors (Lipinski definition) is 1. The number of fused-ring (bicyclic) bond motifs is 1. The van der Waals surface area contributed by atoms with Gasteiger partial charge in [0.25, 0.3) is 0 Å². The molecule has 28 heavy (non-hydrogen) atoms. The molecule has 1 fully saturated rings. The van der Waals surface area contributed by atoms with Gasteiger partial charge in [-0.1, -0.05) is 19.9 Å². The van der Waals surface area contributed by atoms with E-state index >= 15 is 0 Å². The first kappa shape index (κ1) is 19.1. The van der Waals surface area contributed by atoms with Crippen LogP contribution in [0.3, 0.4) is 0 Å². The second-order valence-electron chi connectivity index (χ2n) is 7.79. The summed E-state index contributed by atoms with van der Waals surface area (Å²) in [7, 11) is 0. The second kappa shape index (κ2) is 7.62. The average molecular weight is 445 g/mol. The molecule has 1 N–H and O–H groups in total. The molecule has 4 rings (SSSR count). The Balaban J connectivity index is 1.69. The molecule has 146 valence electrons. The standard InChI is InChI=1S/C21H22BrFN4O/c1-12(2)9-24-20-21-25-10-17(27(21)11-19(22)26-20)14-5-6-15(16(23)8-14)18(28)7-13-3-4-13/h5-6,8,10-13H,3-4,7,9H2,1-2H3,(H,24,26). The van der Waals surface area contributed by atoms with Gasteiger partial charge in [0.1, 0.15) is 10.4 Å². The highest BCUT2D eigenvalue weighted by molar-refractivity contribution is 9.10. The number of imidazole rings is 1. The number of nitrogens with one attached hydrogen (secondary N) is 1. The van der Waals surface area contributed by atoms with Crippen molar-refractivity contribution in [1.82, 2.24) is 14.4 Å². The Labute approximate surface area is 171 Å². The normalized spacial score (nSPS) is 14.0. The van der Waals surface area contributed by atoms with Crippen LogP contribution < -0.4 is 5.32 Å². The highest BCUT2D eigenvalue weighted by atomic mass is 79.9. The van der Waals surface area contributed by atoms with Crippen molar-refractivity contribution in [2.24, 2.45) is 11.8 Å². The predicted octanol–water partition coefficient (Wildman–Crippen LogP) is 5.35. The summed E-state index contributed by atoms with van der Waals surface area (Å²) in [4.78, 5) is 21.2. The number of nitrogens with zero attached hydrogens (tertiary/aromatic N) is 3. The van der Waals surface area contributed by atoms with Crippen molar-refractivity contribution in [2.75, 3.05) is 11.9 Å². The van der Waals surface area contributed by atoms with E-state index in [2.05, 4.69) is 45.1 Å². The fourth-order valence-corrected chi connectivity index (χ4v) is 3.57. The molecular weight excluding hydrogens is 423 g/mol. The molecule has 0 bridgehead atoms. The van der Waals surface area contributed by atoms with Gasteiger partial charge >= 0.3 is 0 Å². The summed E-state index contributed by atoms with van der Waals surface area (Å²) in [6.07, 6.45) is 6.09. The van der Waals surface area contributed by atoms with Crippen LogP contribution in [0.15, 0.2) is 35.2 Å².